The van der Waals surface area contributed by atoms with Gasteiger partial charge in [-0.2, -0.15) is 0 Å². The van der Waals surface area contributed by atoms with Gasteiger partial charge in [-0.3, -0.25) is 4.79 Å². The number of aromatic carboxylic acids is 1. The predicted molar refractivity (Wildman–Crippen MR) is 82.2 cm³/mol. The molecule has 0 fully saturated rings. The van der Waals surface area contributed by atoms with Crippen molar-refractivity contribution < 1.29 is 19.8 Å². The van der Waals surface area contributed by atoms with Crippen molar-refractivity contribution in [2.75, 3.05) is 5.32 Å². The molecule has 2 rings (SSSR count). The summed E-state index contributed by atoms with van der Waals surface area (Å²) in [6, 6.07) is 8.22. The highest BCUT2D eigenvalue weighted by molar-refractivity contribution is 9.10. The molecule has 0 aromatic heterocycles. The van der Waals surface area contributed by atoms with E-state index >= 15 is 0 Å². The molecule has 21 heavy (non-hydrogen) atoms. The number of amides is 1. The van der Waals surface area contributed by atoms with Crippen LogP contribution in [0.4, 0.5) is 5.69 Å². The number of hydrogen-bond donors (Lipinski definition) is 3. The number of phenols is 1. The fourth-order valence-corrected chi connectivity index (χ4v) is 2.10. The van der Waals surface area contributed by atoms with Crippen LogP contribution >= 0.6 is 27.5 Å². The van der Waals surface area contributed by atoms with E-state index in [4.69, 9.17) is 16.7 Å². The minimum atomic E-state index is -1.15. The molecule has 2 aromatic carbocycles. The lowest BCUT2D eigenvalue weighted by atomic mass is 10.1. The molecule has 0 aliphatic carbocycles. The van der Waals surface area contributed by atoms with E-state index in [9.17, 15) is 14.7 Å². The number of carbonyl (C=O) groups is 2. The SMILES string of the molecule is O=C(O)c1ccc(O)c(NC(=O)c2ccc(Cl)c(Br)c2)c1. The van der Waals surface area contributed by atoms with Crippen LogP contribution in [0.2, 0.25) is 5.02 Å². The first-order valence-corrected chi connectivity index (χ1v) is 6.88. The molecule has 0 aliphatic heterocycles. The van der Waals surface area contributed by atoms with Gasteiger partial charge in [0.2, 0.25) is 0 Å². The highest BCUT2D eigenvalue weighted by Gasteiger charge is 2.13. The van der Waals surface area contributed by atoms with Crippen molar-refractivity contribution in [2.45, 2.75) is 0 Å². The molecule has 5 nitrogen and oxygen atoms in total. The number of rotatable bonds is 3. The molecule has 0 saturated heterocycles. The minimum absolute atomic E-state index is 0.0194. The molecule has 3 N–H and O–H groups in total. The van der Waals surface area contributed by atoms with E-state index in [2.05, 4.69) is 21.2 Å². The molecule has 0 aliphatic rings. The van der Waals surface area contributed by atoms with Crippen molar-refractivity contribution in [3.8, 4) is 5.75 Å². The summed E-state index contributed by atoms with van der Waals surface area (Å²) in [5.41, 5.74) is 0.290. The van der Waals surface area contributed by atoms with Crippen molar-refractivity contribution in [2.24, 2.45) is 0 Å². The number of carboxylic acids is 1. The van der Waals surface area contributed by atoms with Crippen LogP contribution in [0.1, 0.15) is 20.7 Å². The van der Waals surface area contributed by atoms with Crippen LogP contribution in [-0.2, 0) is 0 Å². The van der Waals surface area contributed by atoms with Crippen molar-refractivity contribution in [3.63, 3.8) is 0 Å². The Morgan fingerprint density at radius 2 is 1.76 bits per heavy atom. The number of carbonyl (C=O) groups excluding carboxylic acids is 1. The number of halogens is 2. The van der Waals surface area contributed by atoms with Crippen molar-refractivity contribution in [1.29, 1.82) is 0 Å². The van der Waals surface area contributed by atoms with Crippen LogP contribution in [-0.4, -0.2) is 22.1 Å². The normalized spacial score (nSPS) is 10.2. The quantitative estimate of drug-likeness (QED) is 0.718. The van der Waals surface area contributed by atoms with Gasteiger partial charge in [-0.25, -0.2) is 4.79 Å². The number of aromatic hydroxyl groups is 1. The molecule has 0 spiro atoms. The maximum absolute atomic E-state index is 12.1. The van der Waals surface area contributed by atoms with Crippen LogP contribution in [0.25, 0.3) is 0 Å². The van der Waals surface area contributed by atoms with Crippen LogP contribution in [0, 0.1) is 0 Å². The zero-order valence-corrected chi connectivity index (χ0v) is 12.8. The van der Waals surface area contributed by atoms with Gasteiger partial charge in [0, 0.05) is 10.0 Å². The van der Waals surface area contributed by atoms with Crippen molar-refractivity contribution >= 4 is 45.1 Å². The maximum Gasteiger partial charge on any atom is 0.335 e. The molecule has 1 amide bonds. The molecule has 7 heteroatoms. The summed E-state index contributed by atoms with van der Waals surface area (Å²) in [5.74, 6) is -1.87. The first-order chi connectivity index (χ1) is 9.88. The Bertz CT molecular complexity index is 733. The van der Waals surface area contributed by atoms with E-state index in [1.807, 2.05) is 0 Å². The number of hydrogen-bond acceptors (Lipinski definition) is 3. The third-order valence-electron chi connectivity index (χ3n) is 2.67. The van der Waals surface area contributed by atoms with Gasteiger partial charge in [0.15, 0.2) is 0 Å². The Morgan fingerprint density at radius 3 is 2.38 bits per heavy atom. The fraction of sp³-hybridized carbons (Fsp3) is 0. The molecule has 0 saturated carbocycles. The Hall–Kier alpha value is -2.05. The zero-order valence-electron chi connectivity index (χ0n) is 10.4. The van der Waals surface area contributed by atoms with E-state index in [0.717, 1.165) is 0 Å². The number of benzene rings is 2. The van der Waals surface area contributed by atoms with Gasteiger partial charge < -0.3 is 15.5 Å². The largest absolute Gasteiger partial charge is 0.506 e. The lowest BCUT2D eigenvalue weighted by Crippen LogP contribution is -2.12. The zero-order chi connectivity index (χ0) is 15.6. The van der Waals surface area contributed by atoms with Gasteiger partial charge >= 0.3 is 5.97 Å². The van der Waals surface area contributed by atoms with Crippen molar-refractivity contribution in [1.82, 2.24) is 0 Å². The number of phenolic OH excluding ortho intramolecular Hbond substituents is 1. The van der Waals surface area contributed by atoms with E-state index < -0.39 is 11.9 Å². The summed E-state index contributed by atoms with van der Waals surface area (Å²) in [7, 11) is 0. The lowest BCUT2D eigenvalue weighted by Gasteiger charge is -2.09. The highest BCUT2D eigenvalue weighted by atomic mass is 79.9. The third kappa shape index (κ3) is 3.53. The van der Waals surface area contributed by atoms with E-state index in [0.29, 0.717) is 15.1 Å². The first-order valence-electron chi connectivity index (χ1n) is 5.71. The van der Waals surface area contributed by atoms with Crippen molar-refractivity contribution in [3.05, 3.63) is 57.0 Å². The molecule has 0 atom stereocenters. The molecule has 2 aromatic rings. The Kier molecular flexibility index (Phi) is 4.50. The molecular formula is C14H9BrClNO4. The summed E-state index contributed by atoms with van der Waals surface area (Å²) in [4.78, 5) is 23.0. The summed E-state index contributed by atoms with van der Waals surface area (Å²) < 4.78 is 0.556. The average molecular weight is 371 g/mol. The second-order valence-electron chi connectivity index (χ2n) is 4.12. The van der Waals surface area contributed by atoms with Crippen LogP contribution in [0.15, 0.2) is 40.9 Å². The van der Waals surface area contributed by atoms with Gasteiger partial charge in [0.05, 0.1) is 16.3 Å². The number of anilines is 1. The summed E-state index contributed by atoms with van der Waals surface area (Å²) in [6.07, 6.45) is 0. The molecule has 0 bridgehead atoms. The topological polar surface area (TPSA) is 86.6 Å². The van der Waals surface area contributed by atoms with E-state index in [-0.39, 0.29) is 17.0 Å². The van der Waals surface area contributed by atoms with Gasteiger partial charge in [-0.15, -0.1) is 0 Å². The molecule has 108 valence electrons. The van der Waals surface area contributed by atoms with Crippen LogP contribution in [0.5, 0.6) is 5.75 Å². The first kappa shape index (κ1) is 15.3. The van der Waals surface area contributed by atoms with Gasteiger partial charge in [-0.1, -0.05) is 11.6 Å². The Labute approximate surface area is 133 Å². The fourth-order valence-electron chi connectivity index (χ4n) is 1.60. The maximum atomic E-state index is 12.1. The number of carboxylic acid groups (broad SMARTS) is 1. The van der Waals surface area contributed by atoms with Crippen LogP contribution in [0.3, 0.4) is 0 Å². The van der Waals surface area contributed by atoms with E-state index in [1.54, 1.807) is 6.07 Å². The summed E-state index contributed by atoms with van der Waals surface area (Å²) in [5, 5.41) is 21.5. The Morgan fingerprint density at radius 1 is 1.10 bits per heavy atom. The lowest BCUT2D eigenvalue weighted by molar-refractivity contribution is 0.0696. The van der Waals surface area contributed by atoms with Gasteiger partial charge in [0.25, 0.3) is 5.91 Å². The number of nitrogens with one attached hydrogen (secondary N) is 1. The Balaban J connectivity index is 2.28. The second-order valence-corrected chi connectivity index (χ2v) is 5.38. The average Bonchev–Trinajstić information content (AvgIpc) is 2.43. The standard InChI is InChI=1S/C14H9BrClNO4/c15-9-5-7(1-3-10(9)16)13(19)17-11-6-8(14(20)21)2-4-12(11)18/h1-6,18H,(H,17,19)(H,20,21). The molecule has 0 unspecified atom stereocenters. The molecule has 0 radical (unpaired) electrons. The van der Waals surface area contributed by atoms with E-state index in [1.165, 1.54) is 30.3 Å². The minimum Gasteiger partial charge on any atom is -0.506 e. The molecular weight excluding hydrogens is 362 g/mol. The predicted octanol–water partition coefficient (Wildman–Crippen LogP) is 3.76. The summed E-state index contributed by atoms with van der Waals surface area (Å²) >= 11 is 9.05. The third-order valence-corrected chi connectivity index (χ3v) is 3.89. The highest BCUT2D eigenvalue weighted by Crippen LogP contribution is 2.27. The monoisotopic (exact) mass is 369 g/mol. The van der Waals surface area contributed by atoms with Gasteiger partial charge in [0.1, 0.15) is 5.75 Å². The van der Waals surface area contributed by atoms with Crippen LogP contribution < -0.4 is 5.32 Å². The smallest absolute Gasteiger partial charge is 0.335 e. The second kappa shape index (κ2) is 6.15. The van der Waals surface area contributed by atoms with Gasteiger partial charge in [-0.05, 0) is 52.3 Å². The summed E-state index contributed by atoms with van der Waals surface area (Å²) in [6.45, 7) is 0. The molecule has 0 heterocycles.